The number of methoxy groups -OCH3 is 1. The Hall–Kier alpha value is -1.67. The number of β-lactam (4-membered cyclic amide) rings is 1. The predicted molar refractivity (Wildman–Crippen MR) is 109 cm³/mol. The van der Waals surface area contributed by atoms with Gasteiger partial charge in [-0.25, -0.2) is 0 Å². The highest BCUT2D eigenvalue weighted by atomic mass is 28.4. The molecule has 0 N–H and O–H groups in total. The van der Waals surface area contributed by atoms with Crippen molar-refractivity contribution < 1.29 is 23.5 Å². The minimum atomic E-state index is -2.12. The number of rotatable bonds is 3. The number of hydrogen-bond donors (Lipinski definition) is 0. The van der Waals surface area contributed by atoms with Crippen molar-refractivity contribution in [3.05, 3.63) is 11.8 Å². The summed E-state index contributed by atoms with van der Waals surface area (Å²) >= 11 is 0. The molecule has 7 nitrogen and oxygen atoms in total. The first-order valence-electron chi connectivity index (χ1n) is 10.5. The van der Waals surface area contributed by atoms with E-state index in [4.69, 9.17) is 9.16 Å². The van der Waals surface area contributed by atoms with Gasteiger partial charge < -0.3 is 14.1 Å². The van der Waals surface area contributed by atoms with Crippen molar-refractivity contribution in [1.29, 1.82) is 0 Å². The second-order valence-electron chi connectivity index (χ2n) is 10.4. The van der Waals surface area contributed by atoms with Gasteiger partial charge in [0, 0.05) is 32.5 Å². The third kappa shape index (κ3) is 2.75. The lowest BCUT2D eigenvalue weighted by molar-refractivity contribution is -0.189. The van der Waals surface area contributed by atoms with Gasteiger partial charge in [0.1, 0.15) is 0 Å². The number of carbonyl (C=O) groups excluding carboxylic acids is 3. The number of likely N-dealkylation sites (tertiary alicyclic amines) is 1. The summed E-state index contributed by atoms with van der Waals surface area (Å²) in [5.41, 5.74) is 0. The van der Waals surface area contributed by atoms with Crippen LogP contribution >= 0.6 is 0 Å². The molecule has 0 aromatic carbocycles. The molecule has 8 heteroatoms. The van der Waals surface area contributed by atoms with Gasteiger partial charge in [0.25, 0.3) is 5.91 Å². The van der Waals surface area contributed by atoms with E-state index in [1.165, 1.54) is 4.90 Å². The van der Waals surface area contributed by atoms with Gasteiger partial charge in [-0.2, -0.15) is 0 Å². The maximum Gasteiger partial charge on any atom is 0.254 e. The fraction of sp³-hybridized carbons (Fsp3) is 0.762. The maximum atomic E-state index is 13.0. The van der Waals surface area contributed by atoms with Crippen LogP contribution in [0.1, 0.15) is 27.2 Å². The van der Waals surface area contributed by atoms with Crippen molar-refractivity contribution in [2.45, 2.75) is 57.5 Å². The third-order valence-corrected chi connectivity index (χ3v) is 12.3. The zero-order chi connectivity index (χ0) is 21.5. The quantitative estimate of drug-likeness (QED) is 0.397. The molecule has 3 fully saturated rings. The number of carbonyl (C=O) groups is 3. The van der Waals surface area contributed by atoms with Crippen molar-refractivity contribution in [1.82, 2.24) is 9.80 Å². The SMILES string of the molecule is CO[C@H]1C(=O)N2CCC3C(O[Si](C)(C)C(C)(C)C)=C[C@@H]4C(=O)N(C)C(=O)[C@@H]4[C@@H]3[C@@H]12. The molecule has 0 radical (unpaired) electrons. The number of amides is 3. The Bertz CT molecular complexity index is 793. The van der Waals surface area contributed by atoms with Crippen molar-refractivity contribution in [3.8, 4) is 0 Å². The monoisotopic (exact) mass is 420 g/mol. The summed E-state index contributed by atoms with van der Waals surface area (Å²) in [6.45, 7) is 11.6. The number of piperidine rings is 1. The second kappa shape index (κ2) is 6.41. The van der Waals surface area contributed by atoms with E-state index in [1.54, 1.807) is 14.2 Å². The highest BCUT2D eigenvalue weighted by molar-refractivity contribution is 6.74. The highest BCUT2D eigenvalue weighted by Crippen LogP contribution is 2.54. The normalized spacial score (nSPS) is 36.9. The minimum Gasteiger partial charge on any atom is -0.547 e. The summed E-state index contributed by atoms with van der Waals surface area (Å²) in [6, 6.07) is -0.172. The van der Waals surface area contributed by atoms with Crippen molar-refractivity contribution in [2.24, 2.45) is 23.7 Å². The number of allylic oxidation sites excluding steroid dienone is 1. The van der Waals surface area contributed by atoms with Gasteiger partial charge in [0.05, 0.1) is 23.6 Å². The molecule has 0 spiro atoms. The van der Waals surface area contributed by atoms with E-state index >= 15 is 0 Å². The van der Waals surface area contributed by atoms with E-state index in [1.807, 2.05) is 11.0 Å². The molecule has 4 aliphatic rings. The number of imide groups is 1. The Morgan fingerprint density at radius 3 is 2.34 bits per heavy atom. The van der Waals surface area contributed by atoms with Crippen LogP contribution in [0.5, 0.6) is 0 Å². The summed E-state index contributed by atoms with van der Waals surface area (Å²) < 4.78 is 12.2. The van der Waals surface area contributed by atoms with Gasteiger partial charge in [0.15, 0.2) is 6.10 Å². The number of hydrogen-bond acceptors (Lipinski definition) is 5. The van der Waals surface area contributed by atoms with E-state index < -0.39 is 26.3 Å². The zero-order valence-corrected chi connectivity index (χ0v) is 19.4. The van der Waals surface area contributed by atoms with E-state index in [0.717, 1.165) is 12.2 Å². The Labute approximate surface area is 173 Å². The summed E-state index contributed by atoms with van der Waals surface area (Å²) in [5, 5.41) is 0.0225. The molecule has 6 atom stereocenters. The Balaban J connectivity index is 1.77. The Kier molecular flexibility index (Phi) is 4.55. The first kappa shape index (κ1) is 20.6. The van der Waals surface area contributed by atoms with Gasteiger partial charge in [-0.1, -0.05) is 20.8 Å². The average Bonchev–Trinajstić information content (AvgIpc) is 2.84. The molecule has 1 aliphatic carbocycles. The lowest BCUT2D eigenvalue weighted by Crippen LogP contribution is -2.73. The minimum absolute atomic E-state index is 0.0148. The summed E-state index contributed by atoms with van der Waals surface area (Å²) in [4.78, 5) is 41.4. The van der Waals surface area contributed by atoms with Gasteiger partial charge in [-0.3, -0.25) is 19.3 Å². The lowest BCUT2D eigenvalue weighted by Gasteiger charge is -2.58. The highest BCUT2D eigenvalue weighted by Gasteiger charge is 2.65. The zero-order valence-electron chi connectivity index (χ0n) is 18.4. The molecule has 0 bridgehead atoms. The maximum absolute atomic E-state index is 13.0. The molecule has 1 unspecified atom stereocenters. The van der Waals surface area contributed by atoms with Crippen LogP contribution in [-0.4, -0.2) is 68.7 Å². The molecule has 3 aliphatic heterocycles. The van der Waals surface area contributed by atoms with Crippen LogP contribution in [0.2, 0.25) is 18.1 Å². The lowest BCUT2D eigenvalue weighted by atomic mass is 9.61. The van der Waals surface area contributed by atoms with Gasteiger partial charge >= 0.3 is 0 Å². The van der Waals surface area contributed by atoms with Crippen LogP contribution in [-0.2, 0) is 23.5 Å². The number of fused-ring (bicyclic) bond motifs is 5. The van der Waals surface area contributed by atoms with Crippen LogP contribution in [0.25, 0.3) is 0 Å². The number of nitrogens with zero attached hydrogens (tertiary/aromatic N) is 2. The van der Waals surface area contributed by atoms with Gasteiger partial charge in [0.2, 0.25) is 20.1 Å². The summed E-state index contributed by atoms with van der Waals surface area (Å²) in [5.74, 6) is -0.555. The molecular weight excluding hydrogens is 388 g/mol. The molecule has 4 rings (SSSR count). The Morgan fingerprint density at radius 2 is 1.76 bits per heavy atom. The van der Waals surface area contributed by atoms with E-state index in [0.29, 0.717) is 6.54 Å². The van der Waals surface area contributed by atoms with Crippen molar-refractivity contribution in [2.75, 3.05) is 20.7 Å². The molecule has 3 saturated heterocycles. The van der Waals surface area contributed by atoms with Crippen molar-refractivity contribution in [3.63, 3.8) is 0 Å². The van der Waals surface area contributed by atoms with Crippen LogP contribution in [0.3, 0.4) is 0 Å². The standard InChI is InChI=1S/C21H32N2O5Si/c1-21(2,3)29(6,7)28-13-10-12-15(19(25)22(4)18(12)24)14-11(13)8-9-23-16(14)17(27-5)20(23)26/h10-12,14-17H,8-9H2,1-7H3/t11?,12-,14+,15-,16-,17+/m0/s1. The molecule has 160 valence electrons. The smallest absolute Gasteiger partial charge is 0.254 e. The van der Waals surface area contributed by atoms with E-state index in [2.05, 4.69) is 33.9 Å². The second-order valence-corrected chi connectivity index (χ2v) is 15.1. The van der Waals surface area contributed by atoms with Gasteiger partial charge in [-0.15, -0.1) is 0 Å². The molecule has 3 amide bonds. The molecule has 29 heavy (non-hydrogen) atoms. The first-order chi connectivity index (χ1) is 13.4. The van der Waals surface area contributed by atoms with Crippen LogP contribution in [0.4, 0.5) is 0 Å². The number of ether oxygens (including phenoxy) is 1. The van der Waals surface area contributed by atoms with Crippen LogP contribution in [0.15, 0.2) is 11.8 Å². The fourth-order valence-electron chi connectivity index (χ4n) is 5.25. The summed E-state index contributed by atoms with van der Waals surface area (Å²) in [7, 11) is 0.980. The molecule has 0 aromatic heterocycles. The van der Waals surface area contributed by atoms with E-state index in [9.17, 15) is 14.4 Å². The molecule has 3 heterocycles. The molecule has 0 aromatic rings. The molecular formula is C21H32N2O5Si. The topological polar surface area (TPSA) is 76.2 Å². The van der Waals surface area contributed by atoms with Crippen LogP contribution < -0.4 is 0 Å². The molecule has 0 saturated carbocycles. The van der Waals surface area contributed by atoms with E-state index in [-0.39, 0.29) is 40.6 Å². The summed E-state index contributed by atoms with van der Waals surface area (Å²) in [6.07, 6.45) is 2.14. The predicted octanol–water partition coefficient (Wildman–Crippen LogP) is 2.00. The van der Waals surface area contributed by atoms with Crippen molar-refractivity contribution >= 4 is 26.0 Å². The third-order valence-electron chi connectivity index (χ3n) is 7.91. The van der Waals surface area contributed by atoms with Crippen LogP contribution in [0, 0.1) is 23.7 Å². The Morgan fingerprint density at radius 1 is 1.10 bits per heavy atom. The fourth-order valence-corrected chi connectivity index (χ4v) is 6.37. The largest absolute Gasteiger partial charge is 0.547 e. The average molecular weight is 421 g/mol. The van der Waals surface area contributed by atoms with Gasteiger partial charge in [-0.05, 0) is 30.6 Å². The first-order valence-corrected chi connectivity index (χ1v) is 13.4.